The van der Waals surface area contributed by atoms with Crippen LogP contribution >= 0.6 is 0 Å². The van der Waals surface area contributed by atoms with Crippen molar-refractivity contribution in [3.05, 3.63) is 12.2 Å². The van der Waals surface area contributed by atoms with Gasteiger partial charge in [-0.05, 0) is 46.0 Å². The third-order valence-corrected chi connectivity index (χ3v) is 5.28. The van der Waals surface area contributed by atoms with E-state index in [1.165, 1.54) is 70.6 Å². The van der Waals surface area contributed by atoms with Gasteiger partial charge in [0.25, 0.3) is 0 Å². The Morgan fingerprint density at radius 1 is 0.909 bits per heavy atom. The fourth-order valence-corrected chi connectivity index (χ4v) is 2.97. The number of aliphatic hydroxyl groups is 1. The molecule has 2 atom stereocenters. The number of rotatable bonds is 20. The van der Waals surface area contributed by atoms with Gasteiger partial charge in [-0.15, -0.1) is 0 Å². The van der Waals surface area contributed by atoms with Gasteiger partial charge in [-0.25, -0.2) is 0 Å². The predicted octanol–water partition coefficient (Wildman–Crippen LogP) is 5.32. The third kappa shape index (κ3) is 33.3. The molecule has 0 fully saturated rings. The summed E-state index contributed by atoms with van der Waals surface area (Å²) in [7, 11) is -3.29. The summed E-state index contributed by atoms with van der Waals surface area (Å²) < 4.78 is 35.0. The fourth-order valence-electron chi connectivity index (χ4n) is 2.97. The van der Waals surface area contributed by atoms with Gasteiger partial charge >= 0.3 is 16.4 Å². The second-order valence-corrected chi connectivity index (χ2v) is 9.51. The Morgan fingerprint density at radius 2 is 1.36 bits per heavy atom. The van der Waals surface area contributed by atoms with Crippen molar-refractivity contribution >= 4 is 16.4 Å². The minimum atomic E-state index is -4.16. The molecular weight excluding hydrogens is 446 g/mol. The highest BCUT2D eigenvalue weighted by Gasteiger charge is 2.09. The standard InChI is InChI=1S/C23H45NO3.CH4O4S/c1-4-5-6-7-8-9-10-11-12-13-14-15-16-17-18-19-23(26)27-22(3)24-20-21(2)25;1-5-6(2,3)4/h11-12,21-22,24-25H,4-10,13-20H2,1-3H3;1H3,(H,2,3,4)/b12-11-;. The molecule has 9 heteroatoms. The monoisotopic (exact) mass is 495 g/mol. The molecule has 0 heterocycles. The van der Waals surface area contributed by atoms with Crippen LogP contribution in [0.2, 0.25) is 0 Å². The molecule has 198 valence electrons. The molecule has 8 nitrogen and oxygen atoms in total. The Bertz CT molecular complexity index is 565. The molecule has 0 aromatic heterocycles. The minimum absolute atomic E-state index is 0.154. The number of carbonyl (C=O) groups excluding carboxylic acids is 1. The molecule has 0 aliphatic heterocycles. The van der Waals surface area contributed by atoms with Gasteiger partial charge in [0.2, 0.25) is 0 Å². The van der Waals surface area contributed by atoms with Crippen LogP contribution in [0.1, 0.15) is 111 Å². The topological polar surface area (TPSA) is 122 Å². The SMILES string of the molecule is CCCCCCCC/C=C\CCCCCCCC(=O)OC(C)NCC(C)O.COS(=O)(=O)O. The van der Waals surface area contributed by atoms with Gasteiger partial charge in [0, 0.05) is 13.0 Å². The number of esters is 1. The molecular formula is C24H49NO7S. The molecule has 3 N–H and O–H groups in total. The number of aliphatic hydroxyl groups excluding tert-OH is 1. The number of nitrogens with one attached hydrogen (secondary N) is 1. The third-order valence-electron chi connectivity index (χ3n) is 4.86. The van der Waals surface area contributed by atoms with E-state index in [0.29, 0.717) is 13.0 Å². The van der Waals surface area contributed by atoms with Crippen molar-refractivity contribution in [3.63, 3.8) is 0 Å². The number of ether oxygens (including phenoxy) is 1. The number of allylic oxidation sites excluding steroid dienone is 2. The zero-order valence-corrected chi connectivity index (χ0v) is 22.1. The first kappa shape index (κ1) is 34.2. The van der Waals surface area contributed by atoms with Gasteiger partial charge in [-0.3, -0.25) is 18.8 Å². The maximum atomic E-state index is 11.7. The van der Waals surface area contributed by atoms with Crippen LogP contribution in [0.15, 0.2) is 12.2 Å². The lowest BCUT2D eigenvalue weighted by Crippen LogP contribution is -2.35. The first-order valence-corrected chi connectivity index (χ1v) is 13.8. The molecule has 2 unspecified atom stereocenters. The molecule has 33 heavy (non-hydrogen) atoms. The first-order valence-electron chi connectivity index (χ1n) is 12.4. The van der Waals surface area contributed by atoms with E-state index in [9.17, 15) is 18.3 Å². The van der Waals surface area contributed by atoms with Crippen LogP contribution in [0.4, 0.5) is 0 Å². The summed E-state index contributed by atoms with van der Waals surface area (Å²) in [5, 5.41) is 12.1. The number of hydrogen-bond donors (Lipinski definition) is 3. The number of hydrogen-bond acceptors (Lipinski definition) is 7. The highest BCUT2D eigenvalue weighted by atomic mass is 32.3. The van der Waals surface area contributed by atoms with Gasteiger partial charge in [-0.1, -0.05) is 70.4 Å². The van der Waals surface area contributed by atoms with Crippen LogP contribution in [-0.2, 0) is 24.1 Å². The summed E-state index contributed by atoms with van der Waals surface area (Å²) in [5.41, 5.74) is 0. The van der Waals surface area contributed by atoms with E-state index in [0.717, 1.165) is 20.0 Å². The van der Waals surface area contributed by atoms with Crippen molar-refractivity contribution in [2.24, 2.45) is 0 Å². The molecule has 0 saturated carbocycles. The van der Waals surface area contributed by atoms with Gasteiger partial charge in [0.1, 0.15) is 0 Å². The van der Waals surface area contributed by atoms with E-state index in [2.05, 4.69) is 28.6 Å². The van der Waals surface area contributed by atoms with Gasteiger partial charge in [0.15, 0.2) is 6.23 Å². The van der Waals surface area contributed by atoms with E-state index in [-0.39, 0.29) is 12.2 Å². The fraction of sp³-hybridized carbons (Fsp3) is 0.875. The van der Waals surface area contributed by atoms with Gasteiger partial charge in [0.05, 0.1) is 13.2 Å². The van der Waals surface area contributed by atoms with Gasteiger partial charge in [-0.2, -0.15) is 8.42 Å². The zero-order valence-electron chi connectivity index (χ0n) is 21.3. The van der Waals surface area contributed by atoms with E-state index in [1.54, 1.807) is 13.8 Å². The lowest BCUT2D eigenvalue weighted by molar-refractivity contribution is -0.150. The zero-order chi connectivity index (χ0) is 25.4. The molecule has 0 aliphatic rings. The lowest BCUT2D eigenvalue weighted by Gasteiger charge is -2.15. The van der Waals surface area contributed by atoms with E-state index in [4.69, 9.17) is 9.29 Å². The molecule has 0 bridgehead atoms. The van der Waals surface area contributed by atoms with Crippen molar-refractivity contribution in [2.75, 3.05) is 13.7 Å². The van der Waals surface area contributed by atoms with Crippen LogP contribution in [0.3, 0.4) is 0 Å². The predicted molar refractivity (Wildman–Crippen MR) is 133 cm³/mol. The van der Waals surface area contributed by atoms with Crippen molar-refractivity contribution in [3.8, 4) is 0 Å². The average molecular weight is 496 g/mol. The maximum absolute atomic E-state index is 11.7. The van der Waals surface area contributed by atoms with Crippen LogP contribution in [0.25, 0.3) is 0 Å². The summed E-state index contributed by atoms with van der Waals surface area (Å²) in [6.07, 6.45) is 20.7. The lowest BCUT2D eigenvalue weighted by atomic mass is 10.1. The van der Waals surface area contributed by atoms with Crippen molar-refractivity contribution in [2.45, 2.75) is 123 Å². The Balaban J connectivity index is 0. The quantitative estimate of drug-likeness (QED) is 0.0682. The van der Waals surface area contributed by atoms with Gasteiger partial charge < -0.3 is 9.84 Å². The molecule has 0 aliphatic carbocycles. The Kier molecular flexibility index (Phi) is 25.0. The molecule has 0 radical (unpaired) electrons. The second-order valence-electron chi connectivity index (χ2n) is 8.32. The summed E-state index contributed by atoms with van der Waals surface area (Å²) in [6.45, 7) is 6.19. The molecule has 0 saturated heterocycles. The Hall–Kier alpha value is -1.00. The highest BCUT2D eigenvalue weighted by molar-refractivity contribution is 7.80. The molecule has 0 amide bonds. The van der Waals surface area contributed by atoms with Crippen LogP contribution in [0, 0.1) is 0 Å². The Labute approximate surface area is 202 Å². The first-order chi connectivity index (χ1) is 15.6. The average Bonchev–Trinajstić information content (AvgIpc) is 2.75. The molecule has 0 rings (SSSR count). The molecule has 0 aromatic carbocycles. The van der Waals surface area contributed by atoms with Crippen LogP contribution in [-0.4, -0.2) is 50.0 Å². The summed E-state index contributed by atoms with van der Waals surface area (Å²) in [5.74, 6) is -0.154. The summed E-state index contributed by atoms with van der Waals surface area (Å²) >= 11 is 0. The van der Waals surface area contributed by atoms with E-state index < -0.39 is 16.5 Å². The van der Waals surface area contributed by atoms with Crippen molar-refractivity contribution in [1.82, 2.24) is 5.32 Å². The smallest absolute Gasteiger partial charge is 0.397 e. The summed E-state index contributed by atoms with van der Waals surface area (Å²) in [4.78, 5) is 11.7. The van der Waals surface area contributed by atoms with E-state index >= 15 is 0 Å². The minimum Gasteiger partial charge on any atom is -0.447 e. The maximum Gasteiger partial charge on any atom is 0.397 e. The van der Waals surface area contributed by atoms with Crippen molar-refractivity contribution < 1.29 is 31.8 Å². The number of carbonyl (C=O) groups is 1. The van der Waals surface area contributed by atoms with Crippen LogP contribution < -0.4 is 5.32 Å². The summed E-state index contributed by atoms with van der Waals surface area (Å²) in [6, 6.07) is 0. The number of unbranched alkanes of at least 4 members (excludes halogenated alkanes) is 11. The molecule has 0 spiro atoms. The molecule has 0 aromatic rings. The van der Waals surface area contributed by atoms with E-state index in [1.807, 2.05) is 0 Å². The second kappa shape index (κ2) is 24.1. The van der Waals surface area contributed by atoms with Crippen molar-refractivity contribution in [1.29, 1.82) is 0 Å². The largest absolute Gasteiger partial charge is 0.447 e. The Morgan fingerprint density at radius 3 is 1.82 bits per heavy atom. The normalized spacial score (nSPS) is 13.4. The highest BCUT2D eigenvalue weighted by Crippen LogP contribution is 2.10. The van der Waals surface area contributed by atoms with Crippen LogP contribution in [0.5, 0.6) is 0 Å².